The van der Waals surface area contributed by atoms with Crippen molar-refractivity contribution in [2.24, 2.45) is 0 Å². The molecule has 0 aliphatic carbocycles. The normalized spacial score (nSPS) is 9.73. The highest BCUT2D eigenvalue weighted by Crippen LogP contribution is 2.09. The summed E-state index contributed by atoms with van der Waals surface area (Å²) in [5.74, 6) is -0.201. The summed E-state index contributed by atoms with van der Waals surface area (Å²) in [6, 6.07) is 7.44. The standard InChI is InChI=1S/C11H12ClNO2/c1-8-2-4-9(5-3-8)13-11(15)7-6-10(12)14/h2-5H,6-7H2,1H3,(H,13,15). The average Bonchev–Trinajstić information content (AvgIpc) is 2.19. The molecule has 0 aliphatic rings. The molecule has 3 nitrogen and oxygen atoms in total. The van der Waals surface area contributed by atoms with Crippen LogP contribution < -0.4 is 5.32 Å². The van der Waals surface area contributed by atoms with E-state index in [0.717, 1.165) is 11.3 Å². The maximum atomic E-state index is 11.3. The smallest absolute Gasteiger partial charge is 0.224 e. The highest BCUT2D eigenvalue weighted by atomic mass is 35.5. The van der Waals surface area contributed by atoms with Crippen molar-refractivity contribution in [3.8, 4) is 0 Å². The Kier molecular flexibility index (Phi) is 4.31. The van der Waals surface area contributed by atoms with Gasteiger partial charge < -0.3 is 5.32 Å². The molecule has 0 heterocycles. The molecule has 0 spiro atoms. The van der Waals surface area contributed by atoms with Crippen molar-refractivity contribution >= 4 is 28.4 Å². The number of carbonyl (C=O) groups is 2. The van der Waals surface area contributed by atoms with E-state index in [1.54, 1.807) is 0 Å². The molecule has 1 N–H and O–H groups in total. The Hall–Kier alpha value is -1.35. The summed E-state index contributed by atoms with van der Waals surface area (Å²) in [5.41, 5.74) is 1.86. The Morgan fingerprint density at radius 2 is 1.80 bits per heavy atom. The lowest BCUT2D eigenvalue weighted by atomic mass is 10.2. The molecule has 0 saturated heterocycles. The molecule has 0 unspecified atom stereocenters. The van der Waals surface area contributed by atoms with Gasteiger partial charge in [-0.1, -0.05) is 17.7 Å². The van der Waals surface area contributed by atoms with Crippen LogP contribution in [0, 0.1) is 6.92 Å². The largest absolute Gasteiger partial charge is 0.326 e. The molecule has 15 heavy (non-hydrogen) atoms. The number of halogens is 1. The SMILES string of the molecule is Cc1ccc(NC(=O)CCC(=O)Cl)cc1. The lowest BCUT2D eigenvalue weighted by molar-refractivity contribution is -0.119. The molecule has 1 aromatic rings. The van der Waals surface area contributed by atoms with Gasteiger partial charge >= 0.3 is 0 Å². The van der Waals surface area contributed by atoms with E-state index in [2.05, 4.69) is 5.32 Å². The molecule has 0 bridgehead atoms. The van der Waals surface area contributed by atoms with Crippen molar-refractivity contribution in [2.75, 3.05) is 5.32 Å². The highest BCUT2D eigenvalue weighted by Gasteiger charge is 2.04. The predicted octanol–water partition coefficient (Wildman–Crippen LogP) is 2.48. The van der Waals surface area contributed by atoms with Gasteiger partial charge in [-0.25, -0.2) is 0 Å². The summed E-state index contributed by atoms with van der Waals surface area (Å²) >= 11 is 5.13. The predicted molar refractivity (Wildman–Crippen MR) is 59.9 cm³/mol. The van der Waals surface area contributed by atoms with Gasteiger partial charge in [0.1, 0.15) is 0 Å². The molecule has 0 aromatic heterocycles. The summed E-state index contributed by atoms with van der Waals surface area (Å²) in [4.78, 5) is 21.7. The Balaban J connectivity index is 2.44. The van der Waals surface area contributed by atoms with Gasteiger partial charge in [0, 0.05) is 18.5 Å². The number of aryl methyl sites for hydroxylation is 1. The number of carbonyl (C=O) groups excluding carboxylic acids is 2. The molecule has 80 valence electrons. The van der Waals surface area contributed by atoms with Crippen LogP contribution in [0.1, 0.15) is 18.4 Å². The van der Waals surface area contributed by atoms with Crippen molar-refractivity contribution < 1.29 is 9.59 Å². The quantitative estimate of drug-likeness (QED) is 0.801. The fraction of sp³-hybridized carbons (Fsp3) is 0.273. The van der Waals surface area contributed by atoms with Crippen molar-refractivity contribution in [3.05, 3.63) is 29.8 Å². The maximum Gasteiger partial charge on any atom is 0.224 e. The number of amides is 1. The maximum absolute atomic E-state index is 11.3. The Bertz CT molecular complexity index is 359. The van der Waals surface area contributed by atoms with E-state index in [-0.39, 0.29) is 18.7 Å². The fourth-order valence-corrected chi connectivity index (χ4v) is 1.17. The molecule has 0 radical (unpaired) electrons. The van der Waals surface area contributed by atoms with E-state index in [1.165, 1.54) is 0 Å². The van der Waals surface area contributed by atoms with Crippen LogP contribution in [0.3, 0.4) is 0 Å². The first-order chi connectivity index (χ1) is 7.08. The number of benzene rings is 1. The molecule has 4 heteroatoms. The first-order valence-electron chi connectivity index (χ1n) is 4.63. The molecule has 1 rings (SSSR count). The van der Waals surface area contributed by atoms with Crippen molar-refractivity contribution in [1.29, 1.82) is 0 Å². The fourth-order valence-electron chi connectivity index (χ4n) is 1.07. The minimum atomic E-state index is -0.492. The van der Waals surface area contributed by atoms with Crippen LogP contribution in [-0.2, 0) is 9.59 Å². The van der Waals surface area contributed by atoms with Crippen LogP contribution in [0.5, 0.6) is 0 Å². The second kappa shape index (κ2) is 5.51. The summed E-state index contributed by atoms with van der Waals surface area (Å²) < 4.78 is 0. The minimum Gasteiger partial charge on any atom is -0.326 e. The second-order valence-electron chi connectivity index (χ2n) is 3.27. The van der Waals surface area contributed by atoms with E-state index in [0.29, 0.717) is 0 Å². The zero-order chi connectivity index (χ0) is 11.3. The zero-order valence-corrected chi connectivity index (χ0v) is 9.17. The summed E-state index contributed by atoms with van der Waals surface area (Å²) in [5, 5.41) is 2.18. The number of nitrogens with one attached hydrogen (secondary N) is 1. The van der Waals surface area contributed by atoms with Crippen molar-refractivity contribution in [3.63, 3.8) is 0 Å². The molecule has 1 aromatic carbocycles. The van der Waals surface area contributed by atoms with Crippen LogP contribution in [0.4, 0.5) is 5.69 Å². The van der Waals surface area contributed by atoms with Crippen molar-refractivity contribution in [1.82, 2.24) is 0 Å². The minimum absolute atomic E-state index is 0.0687. The number of hydrogen-bond donors (Lipinski definition) is 1. The van der Waals surface area contributed by atoms with Gasteiger partial charge in [0.25, 0.3) is 0 Å². The molecule has 0 fully saturated rings. The summed E-state index contributed by atoms with van der Waals surface area (Å²) in [7, 11) is 0. The molecular formula is C11H12ClNO2. The molecule has 1 amide bonds. The first kappa shape index (κ1) is 11.7. The first-order valence-corrected chi connectivity index (χ1v) is 5.00. The molecule has 0 atom stereocenters. The van der Waals surface area contributed by atoms with Crippen LogP contribution in [0.2, 0.25) is 0 Å². The van der Waals surface area contributed by atoms with Gasteiger partial charge in [-0.2, -0.15) is 0 Å². The molecule has 0 aliphatic heterocycles. The van der Waals surface area contributed by atoms with E-state index in [4.69, 9.17) is 11.6 Å². The third-order valence-electron chi connectivity index (χ3n) is 1.88. The van der Waals surface area contributed by atoms with Gasteiger partial charge in [0.15, 0.2) is 0 Å². The van der Waals surface area contributed by atoms with Gasteiger partial charge in [-0.3, -0.25) is 9.59 Å². The van der Waals surface area contributed by atoms with E-state index < -0.39 is 5.24 Å². The monoisotopic (exact) mass is 225 g/mol. The molecular weight excluding hydrogens is 214 g/mol. The third-order valence-corrected chi connectivity index (χ3v) is 2.07. The lowest BCUT2D eigenvalue weighted by Crippen LogP contribution is -2.12. The zero-order valence-electron chi connectivity index (χ0n) is 8.42. The summed E-state index contributed by atoms with van der Waals surface area (Å²) in [6.07, 6.45) is 0.190. The third kappa shape index (κ3) is 4.61. The van der Waals surface area contributed by atoms with Crippen LogP contribution >= 0.6 is 11.6 Å². The second-order valence-corrected chi connectivity index (χ2v) is 3.69. The highest BCUT2D eigenvalue weighted by molar-refractivity contribution is 6.63. The Morgan fingerprint density at radius 1 is 1.20 bits per heavy atom. The van der Waals surface area contributed by atoms with Crippen LogP contribution in [0.25, 0.3) is 0 Å². The number of anilines is 1. The Morgan fingerprint density at radius 3 is 2.33 bits per heavy atom. The summed E-state index contributed by atoms with van der Waals surface area (Å²) in [6.45, 7) is 1.97. The van der Waals surface area contributed by atoms with Crippen LogP contribution in [-0.4, -0.2) is 11.1 Å². The van der Waals surface area contributed by atoms with Gasteiger partial charge in [-0.15, -0.1) is 0 Å². The average molecular weight is 226 g/mol. The topological polar surface area (TPSA) is 46.2 Å². The lowest BCUT2D eigenvalue weighted by Gasteiger charge is -2.03. The number of rotatable bonds is 4. The molecule has 0 saturated carbocycles. The Labute approximate surface area is 93.4 Å². The van der Waals surface area contributed by atoms with Crippen molar-refractivity contribution in [2.45, 2.75) is 19.8 Å². The van der Waals surface area contributed by atoms with E-state index in [1.807, 2.05) is 31.2 Å². The van der Waals surface area contributed by atoms with Crippen LogP contribution in [0.15, 0.2) is 24.3 Å². The van der Waals surface area contributed by atoms with Gasteiger partial charge in [0.05, 0.1) is 0 Å². The van der Waals surface area contributed by atoms with E-state index in [9.17, 15) is 9.59 Å². The number of hydrogen-bond acceptors (Lipinski definition) is 2. The van der Waals surface area contributed by atoms with E-state index >= 15 is 0 Å². The van der Waals surface area contributed by atoms with Gasteiger partial charge in [-0.05, 0) is 30.7 Å². The van der Waals surface area contributed by atoms with Gasteiger partial charge in [0.2, 0.25) is 11.1 Å².